The second-order valence-electron chi connectivity index (χ2n) is 3.05. The summed E-state index contributed by atoms with van der Waals surface area (Å²) in [5, 5.41) is 8.62. The van der Waals surface area contributed by atoms with Crippen LogP contribution in [0.1, 0.15) is 5.56 Å². The van der Waals surface area contributed by atoms with E-state index in [-0.39, 0.29) is 6.61 Å². The summed E-state index contributed by atoms with van der Waals surface area (Å²) >= 11 is 0. The van der Waals surface area contributed by atoms with Crippen LogP contribution < -0.4 is 0 Å². The van der Waals surface area contributed by atoms with Crippen LogP contribution in [-0.2, 0) is 25.7 Å². The van der Waals surface area contributed by atoms with Crippen LogP contribution >= 0.6 is 0 Å². The molecule has 1 aromatic carbocycles. The van der Waals surface area contributed by atoms with Gasteiger partial charge in [-0.2, -0.15) is 0 Å². The molecule has 5 nitrogen and oxygen atoms in total. The number of carboxylic acids is 1. The number of hydrogen-bond acceptors (Lipinski definition) is 4. The standard InChI is InChI=1S/C11H12O5/c1-15-9(10(12)13)11(14)16-7-8-5-3-2-4-6-8/h2-6,9H,7H2,1H3,(H,12,13). The molecule has 0 aliphatic heterocycles. The molecule has 0 radical (unpaired) electrons. The molecular formula is C11H12O5. The lowest BCUT2D eigenvalue weighted by atomic mass is 10.2. The van der Waals surface area contributed by atoms with Crippen LogP contribution in [0.25, 0.3) is 0 Å². The predicted molar refractivity (Wildman–Crippen MR) is 54.7 cm³/mol. The summed E-state index contributed by atoms with van der Waals surface area (Å²) in [6.07, 6.45) is -1.57. The van der Waals surface area contributed by atoms with E-state index < -0.39 is 18.0 Å². The van der Waals surface area contributed by atoms with Crippen LogP contribution in [0.5, 0.6) is 0 Å². The summed E-state index contributed by atoms with van der Waals surface area (Å²) in [6.45, 7) is 0.0345. The number of methoxy groups -OCH3 is 1. The molecule has 0 aliphatic rings. The van der Waals surface area contributed by atoms with Gasteiger partial charge in [0.05, 0.1) is 0 Å². The summed E-state index contributed by atoms with van der Waals surface area (Å²) in [4.78, 5) is 21.8. The van der Waals surface area contributed by atoms with Crippen LogP contribution in [0, 0.1) is 0 Å². The van der Waals surface area contributed by atoms with Crippen molar-refractivity contribution in [1.82, 2.24) is 0 Å². The number of esters is 1. The van der Waals surface area contributed by atoms with Crippen LogP contribution in [-0.4, -0.2) is 30.3 Å². The molecule has 1 atom stereocenters. The molecule has 1 rings (SSSR count). The van der Waals surface area contributed by atoms with Gasteiger partial charge in [0, 0.05) is 7.11 Å². The Morgan fingerprint density at radius 2 is 1.94 bits per heavy atom. The fraction of sp³-hybridized carbons (Fsp3) is 0.273. The summed E-state index contributed by atoms with van der Waals surface area (Å²) in [5.41, 5.74) is 0.788. The molecule has 1 unspecified atom stereocenters. The average Bonchev–Trinajstić information content (AvgIpc) is 2.28. The molecular weight excluding hydrogens is 212 g/mol. The van der Waals surface area contributed by atoms with Crippen molar-refractivity contribution in [2.75, 3.05) is 7.11 Å². The predicted octanol–water partition coefficient (Wildman–Crippen LogP) is 0.829. The molecule has 1 aromatic rings. The number of hydrogen-bond donors (Lipinski definition) is 1. The highest BCUT2D eigenvalue weighted by Crippen LogP contribution is 2.03. The lowest BCUT2D eigenvalue weighted by Crippen LogP contribution is -2.33. The maximum absolute atomic E-state index is 11.3. The first-order chi connectivity index (χ1) is 7.65. The zero-order valence-electron chi connectivity index (χ0n) is 8.75. The summed E-state index contributed by atoms with van der Waals surface area (Å²) < 4.78 is 9.29. The number of rotatable bonds is 5. The first-order valence-electron chi connectivity index (χ1n) is 4.61. The van der Waals surface area contributed by atoms with Crippen LogP contribution in [0.15, 0.2) is 30.3 Å². The lowest BCUT2D eigenvalue weighted by Gasteiger charge is -2.10. The monoisotopic (exact) mass is 224 g/mol. The third kappa shape index (κ3) is 3.36. The Hall–Kier alpha value is -1.88. The second-order valence-corrected chi connectivity index (χ2v) is 3.05. The van der Waals surface area contributed by atoms with E-state index in [1.54, 1.807) is 24.3 Å². The minimum atomic E-state index is -1.57. The highest BCUT2D eigenvalue weighted by atomic mass is 16.6. The zero-order valence-corrected chi connectivity index (χ0v) is 8.75. The van der Waals surface area contributed by atoms with E-state index in [0.717, 1.165) is 12.7 Å². The quantitative estimate of drug-likeness (QED) is 0.592. The van der Waals surface area contributed by atoms with E-state index in [2.05, 4.69) is 4.74 Å². The van der Waals surface area contributed by atoms with Crippen molar-refractivity contribution in [3.05, 3.63) is 35.9 Å². The molecule has 5 heteroatoms. The van der Waals surface area contributed by atoms with Gasteiger partial charge < -0.3 is 14.6 Å². The molecule has 0 amide bonds. The molecule has 16 heavy (non-hydrogen) atoms. The lowest BCUT2D eigenvalue weighted by molar-refractivity contribution is -0.168. The number of benzene rings is 1. The van der Waals surface area contributed by atoms with Crippen LogP contribution in [0.3, 0.4) is 0 Å². The van der Waals surface area contributed by atoms with Gasteiger partial charge in [-0.15, -0.1) is 0 Å². The Labute approximate surface area is 92.6 Å². The molecule has 0 saturated carbocycles. The van der Waals surface area contributed by atoms with E-state index in [1.165, 1.54) is 0 Å². The van der Waals surface area contributed by atoms with E-state index in [4.69, 9.17) is 9.84 Å². The summed E-state index contributed by atoms with van der Waals surface area (Å²) in [7, 11) is 1.14. The number of carboxylic acid groups (broad SMARTS) is 1. The van der Waals surface area contributed by atoms with Gasteiger partial charge in [0.2, 0.25) is 0 Å². The van der Waals surface area contributed by atoms with Crippen molar-refractivity contribution in [3.63, 3.8) is 0 Å². The Bertz CT molecular complexity index is 360. The minimum Gasteiger partial charge on any atom is -0.479 e. The summed E-state index contributed by atoms with van der Waals surface area (Å²) in [5.74, 6) is -2.26. The molecule has 0 saturated heterocycles. The molecule has 0 fully saturated rings. The van der Waals surface area contributed by atoms with Gasteiger partial charge in [-0.3, -0.25) is 0 Å². The van der Waals surface area contributed by atoms with E-state index in [1.807, 2.05) is 6.07 Å². The molecule has 0 heterocycles. The Balaban J connectivity index is 2.49. The van der Waals surface area contributed by atoms with Gasteiger partial charge in [-0.1, -0.05) is 30.3 Å². The van der Waals surface area contributed by atoms with E-state index in [9.17, 15) is 9.59 Å². The van der Waals surface area contributed by atoms with Crippen molar-refractivity contribution in [3.8, 4) is 0 Å². The molecule has 0 spiro atoms. The maximum atomic E-state index is 11.3. The van der Waals surface area contributed by atoms with Crippen molar-refractivity contribution in [2.24, 2.45) is 0 Å². The van der Waals surface area contributed by atoms with Gasteiger partial charge in [0.25, 0.3) is 6.10 Å². The second kappa shape index (κ2) is 5.87. The molecule has 0 aliphatic carbocycles. The van der Waals surface area contributed by atoms with Gasteiger partial charge in [0.1, 0.15) is 6.61 Å². The van der Waals surface area contributed by atoms with Crippen molar-refractivity contribution in [2.45, 2.75) is 12.7 Å². The van der Waals surface area contributed by atoms with Crippen LogP contribution in [0.2, 0.25) is 0 Å². The topological polar surface area (TPSA) is 72.8 Å². The Kier molecular flexibility index (Phi) is 4.47. The fourth-order valence-corrected chi connectivity index (χ4v) is 1.10. The Morgan fingerprint density at radius 3 is 2.44 bits per heavy atom. The fourth-order valence-electron chi connectivity index (χ4n) is 1.10. The number of carbonyl (C=O) groups excluding carboxylic acids is 1. The SMILES string of the molecule is COC(C(=O)O)C(=O)OCc1ccccc1. The van der Waals surface area contributed by atoms with Crippen LogP contribution in [0.4, 0.5) is 0 Å². The van der Waals surface area contributed by atoms with Gasteiger partial charge in [-0.05, 0) is 5.56 Å². The third-order valence-electron chi connectivity index (χ3n) is 1.90. The Morgan fingerprint density at radius 1 is 1.31 bits per heavy atom. The molecule has 0 aromatic heterocycles. The molecule has 1 N–H and O–H groups in total. The zero-order chi connectivity index (χ0) is 12.0. The molecule has 86 valence electrons. The van der Waals surface area contributed by atoms with Gasteiger partial charge >= 0.3 is 11.9 Å². The number of aliphatic carboxylic acids is 1. The highest BCUT2D eigenvalue weighted by molar-refractivity contribution is 5.97. The maximum Gasteiger partial charge on any atom is 0.347 e. The first kappa shape index (κ1) is 12.2. The van der Waals surface area contributed by atoms with E-state index >= 15 is 0 Å². The summed E-state index contributed by atoms with van der Waals surface area (Å²) in [6, 6.07) is 8.98. The van der Waals surface area contributed by atoms with Gasteiger partial charge in [-0.25, -0.2) is 9.59 Å². The number of ether oxygens (including phenoxy) is 2. The first-order valence-corrected chi connectivity index (χ1v) is 4.61. The largest absolute Gasteiger partial charge is 0.479 e. The normalized spacial score (nSPS) is 11.8. The van der Waals surface area contributed by atoms with E-state index in [0.29, 0.717) is 0 Å². The smallest absolute Gasteiger partial charge is 0.347 e. The number of carbonyl (C=O) groups is 2. The van der Waals surface area contributed by atoms with Crippen molar-refractivity contribution < 1.29 is 24.2 Å². The average molecular weight is 224 g/mol. The van der Waals surface area contributed by atoms with Crippen molar-refractivity contribution in [1.29, 1.82) is 0 Å². The van der Waals surface area contributed by atoms with Crippen molar-refractivity contribution >= 4 is 11.9 Å². The highest BCUT2D eigenvalue weighted by Gasteiger charge is 2.27. The molecule has 0 bridgehead atoms. The van der Waals surface area contributed by atoms with Gasteiger partial charge in [0.15, 0.2) is 0 Å². The third-order valence-corrected chi connectivity index (χ3v) is 1.90. The minimum absolute atomic E-state index is 0.0345.